The molecule has 1 unspecified atom stereocenters. The van der Waals surface area contributed by atoms with Crippen molar-refractivity contribution in [3.63, 3.8) is 0 Å². The highest BCUT2D eigenvalue weighted by molar-refractivity contribution is 7.98. The molecule has 0 aromatic carbocycles. The standard InChI is InChI=1S/C11H26N4S/c1-5-6-8-13-11(14-12)15(3)10(2)7-9-16-4/h10H,5-9,12H2,1-4H3,(H,13,14). The van der Waals surface area contributed by atoms with E-state index in [2.05, 4.69) is 35.4 Å². The van der Waals surface area contributed by atoms with Gasteiger partial charge in [-0.2, -0.15) is 11.8 Å². The van der Waals surface area contributed by atoms with E-state index in [-0.39, 0.29) is 0 Å². The average Bonchev–Trinajstić information content (AvgIpc) is 2.31. The molecule has 0 aliphatic carbocycles. The molecule has 0 saturated carbocycles. The van der Waals surface area contributed by atoms with Gasteiger partial charge in [-0.25, -0.2) is 5.84 Å². The lowest BCUT2D eigenvalue weighted by molar-refractivity contribution is 0.369. The van der Waals surface area contributed by atoms with E-state index in [1.165, 1.54) is 0 Å². The molecular weight excluding hydrogens is 220 g/mol. The summed E-state index contributed by atoms with van der Waals surface area (Å²) >= 11 is 1.87. The minimum atomic E-state index is 0.462. The number of guanidine groups is 1. The predicted molar refractivity (Wildman–Crippen MR) is 74.8 cm³/mol. The van der Waals surface area contributed by atoms with Gasteiger partial charge in [0.25, 0.3) is 0 Å². The number of thioether (sulfide) groups is 1. The van der Waals surface area contributed by atoms with E-state index in [1.807, 2.05) is 18.8 Å². The predicted octanol–water partition coefficient (Wildman–Crippen LogP) is 1.68. The molecular formula is C11H26N4S. The Kier molecular flexibility index (Phi) is 9.52. The van der Waals surface area contributed by atoms with Crippen LogP contribution in [0.25, 0.3) is 0 Å². The van der Waals surface area contributed by atoms with Crippen molar-refractivity contribution >= 4 is 17.7 Å². The minimum absolute atomic E-state index is 0.462. The van der Waals surface area contributed by atoms with Crippen LogP contribution in [0, 0.1) is 0 Å². The van der Waals surface area contributed by atoms with Crippen molar-refractivity contribution in [2.24, 2.45) is 10.8 Å². The van der Waals surface area contributed by atoms with E-state index in [0.717, 1.165) is 37.5 Å². The lowest BCUT2D eigenvalue weighted by Gasteiger charge is -2.27. The van der Waals surface area contributed by atoms with Crippen molar-refractivity contribution in [3.05, 3.63) is 0 Å². The van der Waals surface area contributed by atoms with Crippen LogP contribution in [0.2, 0.25) is 0 Å². The summed E-state index contributed by atoms with van der Waals surface area (Å²) in [4.78, 5) is 6.58. The number of aliphatic imine (C=N–C) groups is 1. The van der Waals surface area contributed by atoms with Gasteiger partial charge in [0.1, 0.15) is 0 Å². The van der Waals surface area contributed by atoms with Crippen molar-refractivity contribution in [2.45, 2.75) is 39.2 Å². The van der Waals surface area contributed by atoms with Gasteiger partial charge < -0.3 is 4.90 Å². The average molecular weight is 246 g/mol. The molecule has 0 aromatic heterocycles. The number of hydrazine groups is 1. The van der Waals surface area contributed by atoms with Crippen LogP contribution >= 0.6 is 11.8 Å². The first-order valence-corrected chi connectivity index (χ1v) is 7.29. The zero-order valence-corrected chi connectivity index (χ0v) is 11.8. The number of rotatable bonds is 7. The molecule has 0 amide bonds. The third-order valence-corrected chi connectivity index (χ3v) is 3.28. The molecule has 0 fully saturated rings. The fraction of sp³-hybridized carbons (Fsp3) is 0.909. The molecule has 0 aliphatic rings. The maximum atomic E-state index is 5.49. The second-order valence-corrected chi connectivity index (χ2v) is 4.93. The maximum Gasteiger partial charge on any atom is 0.208 e. The second-order valence-electron chi connectivity index (χ2n) is 3.94. The van der Waals surface area contributed by atoms with Crippen molar-refractivity contribution in [3.8, 4) is 0 Å². The fourth-order valence-electron chi connectivity index (χ4n) is 1.29. The van der Waals surface area contributed by atoms with Gasteiger partial charge in [0.05, 0.1) is 0 Å². The number of hydrogen-bond acceptors (Lipinski definition) is 3. The number of unbranched alkanes of at least 4 members (excludes halogenated alkanes) is 1. The Morgan fingerprint density at radius 1 is 1.56 bits per heavy atom. The normalized spacial score (nSPS) is 13.7. The van der Waals surface area contributed by atoms with Crippen LogP contribution in [0.3, 0.4) is 0 Å². The summed E-state index contributed by atoms with van der Waals surface area (Å²) in [5.41, 5.74) is 2.69. The molecule has 0 heterocycles. The lowest BCUT2D eigenvalue weighted by Crippen LogP contribution is -2.46. The summed E-state index contributed by atoms with van der Waals surface area (Å²) in [5, 5.41) is 0. The fourth-order valence-corrected chi connectivity index (χ4v) is 1.87. The maximum absolute atomic E-state index is 5.49. The largest absolute Gasteiger partial charge is 0.342 e. The van der Waals surface area contributed by atoms with Crippen molar-refractivity contribution in [1.29, 1.82) is 0 Å². The van der Waals surface area contributed by atoms with E-state index >= 15 is 0 Å². The second kappa shape index (κ2) is 9.78. The first kappa shape index (κ1) is 15.6. The van der Waals surface area contributed by atoms with Crippen LogP contribution in [0.5, 0.6) is 0 Å². The van der Waals surface area contributed by atoms with Gasteiger partial charge in [-0.1, -0.05) is 13.3 Å². The number of nitrogens with zero attached hydrogens (tertiary/aromatic N) is 2. The molecule has 0 radical (unpaired) electrons. The van der Waals surface area contributed by atoms with E-state index < -0.39 is 0 Å². The molecule has 3 N–H and O–H groups in total. The SMILES string of the molecule is CCCCN=C(NN)N(C)C(C)CCSC. The Bertz CT molecular complexity index is 196. The van der Waals surface area contributed by atoms with Crippen LogP contribution in [-0.4, -0.2) is 42.5 Å². The summed E-state index contributed by atoms with van der Waals surface area (Å²) in [7, 11) is 2.04. The third kappa shape index (κ3) is 6.23. The lowest BCUT2D eigenvalue weighted by atomic mass is 10.2. The molecule has 0 spiro atoms. The molecule has 0 aromatic rings. The van der Waals surface area contributed by atoms with Gasteiger partial charge in [0.2, 0.25) is 5.96 Å². The summed E-state index contributed by atoms with van der Waals surface area (Å²) < 4.78 is 0. The van der Waals surface area contributed by atoms with E-state index in [1.54, 1.807) is 0 Å². The highest BCUT2D eigenvalue weighted by atomic mass is 32.2. The Morgan fingerprint density at radius 2 is 2.25 bits per heavy atom. The molecule has 4 nitrogen and oxygen atoms in total. The minimum Gasteiger partial charge on any atom is -0.342 e. The molecule has 5 heteroatoms. The summed E-state index contributed by atoms with van der Waals surface area (Å²) in [6.45, 7) is 5.20. The van der Waals surface area contributed by atoms with Gasteiger partial charge in [0, 0.05) is 19.6 Å². The summed E-state index contributed by atoms with van der Waals surface area (Å²) in [6, 6.07) is 0.462. The van der Waals surface area contributed by atoms with E-state index in [9.17, 15) is 0 Å². The summed E-state index contributed by atoms with van der Waals surface area (Å²) in [5.74, 6) is 7.45. The number of nitrogens with one attached hydrogen (secondary N) is 1. The third-order valence-electron chi connectivity index (χ3n) is 2.64. The van der Waals surface area contributed by atoms with Gasteiger partial charge in [-0.15, -0.1) is 0 Å². The molecule has 0 bridgehead atoms. The van der Waals surface area contributed by atoms with Crippen LogP contribution in [0.15, 0.2) is 4.99 Å². The Balaban J connectivity index is 4.16. The van der Waals surface area contributed by atoms with Gasteiger partial charge in [0.15, 0.2) is 0 Å². The molecule has 0 aliphatic heterocycles. The first-order valence-electron chi connectivity index (χ1n) is 5.90. The van der Waals surface area contributed by atoms with Crippen molar-refractivity contribution in [2.75, 3.05) is 25.6 Å². The van der Waals surface area contributed by atoms with Crippen LogP contribution in [0.1, 0.15) is 33.1 Å². The monoisotopic (exact) mass is 246 g/mol. The van der Waals surface area contributed by atoms with Gasteiger partial charge in [-0.3, -0.25) is 10.4 Å². The van der Waals surface area contributed by atoms with E-state index in [0.29, 0.717) is 6.04 Å². The highest BCUT2D eigenvalue weighted by Crippen LogP contribution is 2.06. The van der Waals surface area contributed by atoms with Gasteiger partial charge in [-0.05, 0) is 31.8 Å². The molecule has 0 rings (SSSR count). The number of nitrogens with two attached hydrogens (primary N) is 1. The first-order chi connectivity index (χ1) is 7.67. The highest BCUT2D eigenvalue weighted by Gasteiger charge is 2.12. The van der Waals surface area contributed by atoms with Gasteiger partial charge >= 0.3 is 0 Å². The van der Waals surface area contributed by atoms with Crippen molar-refractivity contribution < 1.29 is 0 Å². The molecule has 96 valence electrons. The van der Waals surface area contributed by atoms with Crippen molar-refractivity contribution in [1.82, 2.24) is 10.3 Å². The Morgan fingerprint density at radius 3 is 2.75 bits per heavy atom. The Labute approximate surface area is 104 Å². The van der Waals surface area contributed by atoms with Crippen LogP contribution in [-0.2, 0) is 0 Å². The molecule has 0 saturated heterocycles. The molecule has 1 atom stereocenters. The van der Waals surface area contributed by atoms with Crippen LogP contribution in [0.4, 0.5) is 0 Å². The topological polar surface area (TPSA) is 53.6 Å². The zero-order chi connectivity index (χ0) is 12.4. The van der Waals surface area contributed by atoms with E-state index in [4.69, 9.17) is 5.84 Å². The zero-order valence-electron chi connectivity index (χ0n) is 11.0. The number of hydrogen-bond donors (Lipinski definition) is 2. The Hall–Kier alpha value is -0.420. The quantitative estimate of drug-likeness (QED) is 0.236. The molecule has 16 heavy (non-hydrogen) atoms. The van der Waals surface area contributed by atoms with Crippen LogP contribution < -0.4 is 11.3 Å². The smallest absolute Gasteiger partial charge is 0.208 e. The summed E-state index contributed by atoms with van der Waals surface area (Å²) in [6.07, 6.45) is 5.54.